The summed E-state index contributed by atoms with van der Waals surface area (Å²) in [6, 6.07) is 5.85. The van der Waals surface area contributed by atoms with Gasteiger partial charge in [0.25, 0.3) is 5.56 Å². The average molecular weight is 446 g/mol. The monoisotopic (exact) mass is 445 g/mol. The maximum atomic E-state index is 13.0. The predicted octanol–water partition coefficient (Wildman–Crippen LogP) is 3.32. The quantitative estimate of drug-likeness (QED) is 0.437. The molecule has 0 amide bonds. The van der Waals surface area contributed by atoms with E-state index in [2.05, 4.69) is 21.2 Å². The molecule has 168 valence electrons. The Morgan fingerprint density at radius 2 is 2.06 bits per heavy atom. The Bertz CT molecular complexity index is 1080. The third kappa shape index (κ3) is 5.11. The van der Waals surface area contributed by atoms with E-state index in [9.17, 15) is 9.90 Å². The Labute approximate surface area is 186 Å². The summed E-state index contributed by atoms with van der Waals surface area (Å²) in [5.74, 6) is 1.91. The molecule has 2 N–H and O–H groups in total. The van der Waals surface area contributed by atoms with E-state index in [-0.39, 0.29) is 12.2 Å². The molecule has 0 unspecified atom stereocenters. The number of imidazole rings is 1. The molecule has 0 aliphatic carbocycles. The number of aliphatic hydroxyl groups is 1. The Morgan fingerprint density at radius 3 is 2.71 bits per heavy atom. The summed E-state index contributed by atoms with van der Waals surface area (Å²) in [7, 11) is 0. The van der Waals surface area contributed by atoms with E-state index in [1.807, 2.05) is 39.0 Å². The smallest absolute Gasteiger partial charge is 0.277 e. The van der Waals surface area contributed by atoms with Crippen LogP contribution in [-0.4, -0.2) is 55.3 Å². The fourth-order valence-corrected chi connectivity index (χ4v) is 4.35. The summed E-state index contributed by atoms with van der Waals surface area (Å²) in [6.07, 6.45) is 2.34. The van der Waals surface area contributed by atoms with E-state index < -0.39 is 0 Å². The molecule has 0 aliphatic heterocycles. The van der Waals surface area contributed by atoms with Gasteiger partial charge in [0.15, 0.2) is 11.3 Å². The van der Waals surface area contributed by atoms with Crippen LogP contribution >= 0.6 is 11.9 Å². The molecule has 0 fully saturated rings. The van der Waals surface area contributed by atoms with Crippen LogP contribution in [-0.2, 0) is 12.8 Å². The number of hydrogen-bond acceptors (Lipinski definition) is 7. The average Bonchev–Trinajstić information content (AvgIpc) is 3.13. The molecule has 0 atom stereocenters. The van der Waals surface area contributed by atoms with Gasteiger partial charge in [-0.2, -0.15) is 0 Å². The normalized spacial score (nSPS) is 11.5. The van der Waals surface area contributed by atoms with Crippen molar-refractivity contribution in [1.82, 2.24) is 23.9 Å². The summed E-state index contributed by atoms with van der Waals surface area (Å²) >= 11 is 1.55. The SMILES string of the molecule is CCCc1nc(CC)c2c(=O)[nH]c(-c3cc(SN(CC)CCO)ccc3OCC)nn12. The summed E-state index contributed by atoms with van der Waals surface area (Å²) < 4.78 is 9.59. The van der Waals surface area contributed by atoms with Crippen molar-refractivity contribution in [2.75, 3.05) is 26.3 Å². The van der Waals surface area contributed by atoms with Crippen molar-refractivity contribution in [3.05, 3.63) is 40.1 Å². The van der Waals surface area contributed by atoms with Crippen LogP contribution in [0.3, 0.4) is 0 Å². The number of ether oxygens (including phenoxy) is 1. The zero-order chi connectivity index (χ0) is 22.4. The van der Waals surface area contributed by atoms with Crippen LogP contribution in [0.2, 0.25) is 0 Å². The summed E-state index contributed by atoms with van der Waals surface area (Å²) in [4.78, 5) is 21.6. The van der Waals surface area contributed by atoms with Gasteiger partial charge < -0.3 is 14.8 Å². The van der Waals surface area contributed by atoms with Crippen molar-refractivity contribution in [3.8, 4) is 17.1 Å². The van der Waals surface area contributed by atoms with Gasteiger partial charge in [-0.25, -0.2) is 13.8 Å². The maximum absolute atomic E-state index is 13.0. The van der Waals surface area contributed by atoms with Gasteiger partial charge >= 0.3 is 0 Å². The van der Waals surface area contributed by atoms with Crippen molar-refractivity contribution in [3.63, 3.8) is 0 Å². The van der Waals surface area contributed by atoms with Crippen LogP contribution in [0.25, 0.3) is 16.9 Å². The molecular formula is C22H31N5O3S. The first-order valence-electron chi connectivity index (χ1n) is 10.9. The number of fused-ring (bicyclic) bond motifs is 1. The van der Waals surface area contributed by atoms with E-state index in [0.29, 0.717) is 36.7 Å². The predicted molar refractivity (Wildman–Crippen MR) is 124 cm³/mol. The van der Waals surface area contributed by atoms with Gasteiger partial charge in [-0.3, -0.25) is 4.79 Å². The van der Waals surface area contributed by atoms with Crippen LogP contribution in [0.4, 0.5) is 0 Å². The summed E-state index contributed by atoms with van der Waals surface area (Å²) in [5.41, 5.74) is 1.80. The number of aromatic nitrogens is 4. The highest BCUT2D eigenvalue weighted by molar-refractivity contribution is 7.97. The molecule has 1 aromatic carbocycles. The molecular weight excluding hydrogens is 414 g/mol. The van der Waals surface area contributed by atoms with Crippen molar-refractivity contribution in [1.29, 1.82) is 0 Å². The Kier molecular flexibility index (Phi) is 8.11. The van der Waals surface area contributed by atoms with E-state index >= 15 is 0 Å². The minimum Gasteiger partial charge on any atom is -0.493 e. The van der Waals surface area contributed by atoms with Gasteiger partial charge in [0.1, 0.15) is 11.6 Å². The number of nitrogens with one attached hydrogen (secondary N) is 1. The fourth-order valence-electron chi connectivity index (χ4n) is 3.45. The summed E-state index contributed by atoms with van der Waals surface area (Å²) in [6.45, 7) is 10.0. The molecule has 3 aromatic rings. The lowest BCUT2D eigenvalue weighted by atomic mass is 10.2. The Hall–Kier alpha value is -2.36. The molecule has 0 spiro atoms. The third-order valence-electron chi connectivity index (χ3n) is 4.89. The number of hydrogen-bond donors (Lipinski definition) is 2. The number of aliphatic hydroxyl groups excluding tert-OH is 1. The Balaban J connectivity index is 2.14. The highest BCUT2D eigenvalue weighted by atomic mass is 32.2. The second-order valence-corrected chi connectivity index (χ2v) is 8.24. The second kappa shape index (κ2) is 10.8. The first kappa shape index (κ1) is 23.3. The second-order valence-electron chi connectivity index (χ2n) is 7.07. The molecule has 0 radical (unpaired) electrons. The Morgan fingerprint density at radius 1 is 1.26 bits per heavy atom. The van der Waals surface area contributed by atoms with Gasteiger partial charge in [-0.1, -0.05) is 20.8 Å². The lowest BCUT2D eigenvalue weighted by Crippen LogP contribution is -2.19. The number of nitrogens with zero attached hydrogens (tertiary/aromatic N) is 4. The van der Waals surface area contributed by atoms with E-state index in [1.54, 1.807) is 16.5 Å². The maximum Gasteiger partial charge on any atom is 0.277 e. The van der Waals surface area contributed by atoms with Crippen LogP contribution < -0.4 is 10.3 Å². The van der Waals surface area contributed by atoms with Crippen LogP contribution in [0, 0.1) is 0 Å². The zero-order valence-corrected chi connectivity index (χ0v) is 19.5. The largest absolute Gasteiger partial charge is 0.493 e. The molecule has 9 heteroatoms. The lowest BCUT2D eigenvalue weighted by Gasteiger charge is -2.19. The van der Waals surface area contributed by atoms with Crippen molar-refractivity contribution >= 4 is 17.5 Å². The van der Waals surface area contributed by atoms with Crippen molar-refractivity contribution < 1.29 is 9.84 Å². The van der Waals surface area contributed by atoms with Gasteiger partial charge in [-0.05, 0) is 49.9 Å². The number of aryl methyl sites for hydroxylation is 2. The van der Waals surface area contributed by atoms with Crippen molar-refractivity contribution in [2.24, 2.45) is 0 Å². The molecule has 2 aromatic heterocycles. The topological polar surface area (TPSA) is 95.8 Å². The van der Waals surface area contributed by atoms with E-state index in [1.165, 1.54) is 0 Å². The number of aromatic amines is 1. The molecule has 8 nitrogen and oxygen atoms in total. The van der Waals surface area contributed by atoms with Gasteiger partial charge in [0.05, 0.1) is 24.5 Å². The molecule has 3 rings (SSSR count). The highest BCUT2D eigenvalue weighted by Crippen LogP contribution is 2.33. The minimum absolute atomic E-state index is 0.0941. The number of benzene rings is 1. The van der Waals surface area contributed by atoms with E-state index in [0.717, 1.165) is 41.4 Å². The first-order chi connectivity index (χ1) is 15.1. The molecule has 2 heterocycles. The van der Waals surface area contributed by atoms with Crippen molar-refractivity contribution in [2.45, 2.75) is 51.9 Å². The van der Waals surface area contributed by atoms with E-state index in [4.69, 9.17) is 9.84 Å². The standard InChI is InChI=1S/C22H31N5O3S/c1-5-9-19-23-17(6-2)20-22(29)24-21(25-27(19)20)16-14-15(10-11-18(16)30-8-4)31-26(7-3)12-13-28/h10-11,14,28H,5-9,12-13H2,1-4H3,(H,24,25,29). The molecule has 0 aliphatic rings. The van der Waals surface area contributed by atoms with Gasteiger partial charge in [-0.15, -0.1) is 5.10 Å². The zero-order valence-electron chi connectivity index (χ0n) is 18.6. The van der Waals surface area contributed by atoms with Gasteiger partial charge in [0, 0.05) is 24.4 Å². The first-order valence-corrected chi connectivity index (χ1v) is 11.6. The molecule has 0 saturated carbocycles. The summed E-state index contributed by atoms with van der Waals surface area (Å²) in [5, 5.41) is 14.1. The molecule has 31 heavy (non-hydrogen) atoms. The van der Waals surface area contributed by atoms with Crippen LogP contribution in [0.1, 0.15) is 45.6 Å². The minimum atomic E-state index is -0.201. The fraction of sp³-hybridized carbons (Fsp3) is 0.500. The molecule has 0 saturated heterocycles. The molecule has 0 bridgehead atoms. The third-order valence-corrected chi connectivity index (χ3v) is 6.06. The number of rotatable bonds is 11. The van der Waals surface area contributed by atoms with Gasteiger partial charge in [0.2, 0.25) is 0 Å². The number of H-pyrrole nitrogens is 1. The van der Waals surface area contributed by atoms with Crippen LogP contribution in [0.15, 0.2) is 27.9 Å². The lowest BCUT2D eigenvalue weighted by molar-refractivity contribution is 0.264. The van der Waals surface area contributed by atoms with Crippen LogP contribution in [0.5, 0.6) is 5.75 Å². The highest BCUT2D eigenvalue weighted by Gasteiger charge is 2.18. The number of likely N-dealkylation sites (N-methyl/N-ethyl adjacent to an activating group) is 1.